The molecule has 4 heteroatoms. The van der Waals surface area contributed by atoms with Crippen molar-refractivity contribution in [2.75, 3.05) is 6.54 Å². The predicted octanol–water partition coefficient (Wildman–Crippen LogP) is 2.46. The molecule has 0 saturated heterocycles. The summed E-state index contributed by atoms with van der Waals surface area (Å²) in [7, 11) is 0. The Bertz CT molecular complexity index is 304. The molecule has 16 heavy (non-hydrogen) atoms. The molecule has 0 radical (unpaired) electrons. The minimum atomic E-state index is 0.107. The largest absolute Gasteiger partial charge is 0.325 e. The highest BCUT2D eigenvalue weighted by Gasteiger charge is 2.28. The summed E-state index contributed by atoms with van der Waals surface area (Å²) < 4.78 is 0. The zero-order chi connectivity index (χ0) is 11.4. The highest BCUT2D eigenvalue weighted by Crippen LogP contribution is 2.29. The quantitative estimate of drug-likeness (QED) is 0.830. The highest BCUT2D eigenvalue weighted by molar-refractivity contribution is 7.09. The Morgan fingerprint density at radius 1 is 1.56 bits per heavy atom. The highest BCUT2D eigenvalue weighted by atomic mass is 32.1. The van der Waals surface area contributed by atoms with Gasteiger partial charge in [0.1, 0.15) is 5.01 Å². The van der Waals surface area contributed by atoms with Crippen LogP contribution in [0.15, 0.2) is 11.6 Å². The van der Waals surface area contributed by atoms with E-state index in [1.165, 1.54) is 25.7 Å². The first kappa shape index (κ1) is 12.0. The van der Waals surface area contributed by atoms with Crippen molar-refractivity contribution in [3.8, 4) is 0 Å². The number of thiazole rings is 1. The first-order valence-corrected chi connectivity index (χ1v) is 6.99. The summed E-state index contributed by atoms with van der Waals surface area (Å²) in [4.78, 5) is 4.31. The number of nitrogens with two attached hydrogens (primary N) is 1. The van der Waals surface area contributed by atoms with Gasteiger partial charge in [0, 0.05) is 17.1 Å². The summed E-state index contributed by atoms with van der Waals surface area (Å²) in [6.07, 6.45) is 7.94. The van der Waals surface area contributed by atoms with Gasteiger partial charge in [-0.3, -0.25) is 0 Å². The summed E-state index contributed by atoms with van der Waals surface area (Å²) >= 11 is 1.71. The second-order valence-corrected chi connectivity index (χ2v) is 5.79. The third kappa shape index (κ3) is 3.03. The molecule has 1 aliphatic carbocycles. The van der Waals surface area contributed by atoms with Crippen LogP contribution < -0.4 is 11.1 Å². The lowest BCUT2D eigenvalue weighted by Gasteiger charge is -2.24. The van der Waals surface area contributed by atoms with Crippen LogP contribution in [0.1, 0.15) is 50.1 Å². The molecule has 0 amide bonds. The van der Waals surface area contributed by atoms with Gasteiger partial charge in [-0.2, -0.15) is 0 Å². The van der Waals surface area contributed by atoms with Crippen molar-refractivity contribution in [3.63, 3.8) is 0 Å². The van der Waals surface area contributed by atoms with Crippen molar-refractivity contribution in [3.05, 3.63) is 16.6 Å². The van der Waals surface area contributed by atoms with Crippen LogP contribution in [-0.4, -0.2) is 17.1 Å². The van der Waals surface area contributed by atoms with Gasteiger partial charge in [-0.15, -0.1) is 11.3 Å². The van der Waals surface area contributed by atoms with Crippen molar-refractivity contribution >= 4 is 11.3 Å². The molecule has 1 heterocycles. The predicted molar refractivity (Wildman–Crippen MR) is 68.5 cm³/mol. The summed E-state index contributed by atoms with van der Waals surface area (Å²) in [5, 5.41) is 6.69. The van der Waals surface area contributed by atoms with Gasteiger partial charge < -0.3 is 11.1 Å². The topological polar surface area (TPSA) is 50.9 Å². The molecule has 1 aromatic heterocycles. The Morgan fingerprint density at radius 3 is 2.94 bits per heavy atom. The van der Waals surface area contributed by atoms with Crippen molar-refractivity contribution in [2.45, 2.75) is 50.6 Å². The molecule has 0 bridgehead atoms. The molecule has 1 fully saturated rings. The smallest absolute Gasteiger partial charge is 0.109 e. The summed E-state index contributed by atoms with van der Waals surface area (Å²) in [6.45, 7) is 3.16. The van der Waals surface area contributed by atoms with Crippen LogP contribution in [0.4, 0.5) is 0 Å². The van der Waals surface area contributed by atoms with Crippen LogP contribution in [0.5, 0.6) is 0 Å². The minimum Gasteiger partial charge on any atom is -0.325 e. The maximum Gasteiger partial charge on any atom is 0.109 e. The second-order valence-electron chi connectivity index (χ2n) is 4.87. The molecule has 0 aromatic carbocycles. The van der Waals surface area contributed by atoms with Gasteiger partial charge in [0.25, 0.3) is 0 Å². The molecule has 1 atom stereocenters. The Hall–Kier alpha value is -0.450. The molecule has 0 spiro atoms. The number of aromatic nitrogens is 1. The van der Waals surface area contributed by atoms with E-state index in [2.05, 4.69) is 17.2 Å². The Morgan fingerprint density at radius 2 is 2.31 bits per heavy atom. The number of rotatable bonds is 5. The van der Waals surface area contributed by atoms with Crippen molar-refractivity contribution in [1.29, 1.82) is 0 Å². The lowest BCUT2D eigenvalue weighted by molar-refractivity contribution is 0.383. The molecule has 1 saturated carbocycles. The van der Waals surface area contributed by atoms with E-state index in [0.29, 0.717) is 6.04 Å². The Labute approximate surface area is 101 Å². The number of nitrogens with one attached hydrogen (secondary N) is 1. The van der Waals surface area contributed by atoms with Gasteiger partial charge in [0.05, 0.1) is 6.04 Å². The second kappa shape index (κ2) is 5.25. The normalized spacial score (nSPS) is 21.1. The number of hydrogen-bond donors (Lipinski definition) is 2. The molecule has 1 unspecified atom stereocenters. The molecular formula is C12H21N3S. The summed E-state index contributed by atoms with van der Waals surface area (Å²) in [6, 6.07) is 0.352. The third-order valence-electron chi connectivity index (χ3n) is 3.49. The van der Waals surface area contributed by atoms with E-state index in [1.54, 1.807) is 11.3 Å². The lowest BCUT2D eigenvalue weighted by atomic mass is 9.95. The monoisotopic (exact) mass is 239 g/mol. The van der Waals surface area contributed by atoms with Crippen molar-refractivity contribution < 1.29 is 0 Å². The van der Waals surface area contributed by atoms with E-state index in [1.807, 2.05) is 11.6 Å². The summed E-state index contributed by atoms with van der Waals surface area (Å²) in [5.41, 5.74) is 6.42. The first-order valence-electron chi connectivity index (χ1n) is 6.11. The van der Waals surface area contributed by atoms with E-state index in [-0.39, 0.29) is 5.54 Å². The van der Waals surface area contributed by atoms with Crippen LogP contribution in [-0.2, 0) is 0 Å². The van der Waals surface area contributed by atoms with Crippen LogP contribution in [0.2, 0.25) is 0 Å². The van der Waals surface area contributed by atoms with E-state index in [9.17, 15) is 0 Å². The molecule has 2 rings (SSSR count). The van der Waals surface area contributed by atoms with Gasteiger partial charge in [0.15, 0.2) is 0 Å². The van der Waals surface area contributed by atoms with Crippen LogP contribution in [0, 0.1) is 0 Å². The first-order chi connectivity index (χ1) is 7.70. The third-order valence-corrected chi connectivity index (χ3v) is 4.45. The van der Waals surface area contributed by atoms with Gasteiger partial charge in [-0.1, -0.05) is 12.8 Å². The maximum absolute atomic E-state index is 6.31. The van der Waals surface area contributed by atoms with Gasteiger partial charge in [-0.25, -0.2) is 4.98 Å². The van der Waals surface area contributed by atoms with Crippen molar-refractivity contribution in [2.24, 2.45) is 5.73 Å². The van der Waals surface area contributed by atoms with E-state index >= 15 is 0 Å². The molecule has 90 valence electrons. The van der Waals surface area contributed by atoms with E-state index < -0.39 is 0 Å². The fourth-order valence-electron chi connectivity index (χ4n) is 2.40. The molecule has 1 aromatic rings. The fraction of sp³-hybridized carbons (Fsp3) is 0.750. The number of hydrogen-bond acceptors (Lipinski definition) is 4. The molecule has 3 N–H and O–H groups in total. The fourth-order valence-corrected chi connectivity index (χ4v) is 3.07. The van der Waals surface area contributed by atoms with Gasteiger partial charge in [0.2, 0.25) is 0 Å². The zero-order valence-corrected chi connectivity index (χ0v) is 10.7. The molecular weight excluding hydrogens is 218 g/mol. The van der Waals surface area contributed by atoms with Crippen LogP contribution in [0.25, 0.3) is 0 Å². The van der Waals surface area contributed by atoms with Crippen molar-refractivity contribution in [1.82, 2.24) is 10.3 Å². The lowest BCUT2D eigenvalue weighted by Crippen LogP contribution is -2.39. The SMILES string of the molecule is CC(NCCC1(N)CCCC1)c1nccs1. The summed E-state index contributed by atoms with van der Waals surface area (Å²) in [5.74, 6) is 0. The molecule has 0 aliphatic heterocycles. The van der Waals surface area contributed by atoms with Crippen LogP contribution >= 0.6 is 11.3 Å². The average Bonchev–Trinajstić information content (AvgIpc) is 2.88. The number of nitrogens with zero attached hydrogens (tertiary/aromatic N) is 1. The van der Waals surface area contributed by atoms with Gasteiger partial charge >= 0.3 is 0 Å². The standard InChI is InChI=1S/C12H21N3S/c1-10(11-15-8-9-16-11)14-7-6-12(13)4-2-3-5-12/h8-10,14H,2-7,13H2,1H3. The van der Waals surface area contributed by atoms with Crippen LogP contribution in [0.3, 0.4) is 0 Å². The Kier molecular flexibility index (Phi) is 3.95. The maximum atomic E-state index is 6.31. The Balaban J connectivity index is 1.72. The molecule has 3 nitrogen and oxygen atoms in total. The minimum absolute atomic E-state index is 0.107. The van der Waals surface area contributed by atoms with Gasteiger partial charge in [-0.05, 0) is 32.7 Å². The average molecular weight is 239 g/mol. The van der Waals surface area contributed by atoms with E-state index in [0.717, 1.165) is 18.0 Å². The molecule has 1 aliphatic rings. The zero-order valence-electron chi connectivity index (χ0n) is 9.91. The van der Waals surface area contributed by atoms with E-state index in [4.69, 9.17) is 5.73 Å².